The van der Waals surface area contributed by atoms with E-state index >= 15 is 0 Å². The molecule has 0 fully saturated rings. The van der Waals surface area contributed by atoms with Gasteiger partial charge < -0.3 is 10.0 Å². The molecule has 2 heterocycles. The van der Waals surface area contributed by atoms with Crippen LogP contribution in [-0.2, 0) is 23.8 Å². The van der Waals surface area contributed by atoms with Crippen molar-refractivity contribution in [3.05, 3.63) is 59.2 Å². The summed E-state index contributed by atoms with van der Waals surface area (Å²) in [7, 11) is 0. The summed E-state index contributed by atoms with van der Waals surface area (Å²) in [6, 6.07) is 4.17. The topological polar surface area (TPSA) is 66.3 Å². The van der Waals surface area contributed by atoms with Crippen molar-refractivity contribution >= 4 is 5.91 Å². The normalized spacial score (nSPS) is 17.4. The van der Waals surface area contributed by atoms with Crippen molar-refractivity contribution in [2.24, 2.45) is 0 Å². The number of hydrogen-bond acceptors (Lipinski definition) is 4. The predicted molar refractivity (Wildman–Crippen MR) is 91.6 cm³/mol. The summed E-state index contributed by atoms with van der Waals surface area (Å²) < 4.78 is 38.7. The zero-order valence-corrected chi connectivity index (χ0v) is 14.8. The molecule has 144 valence electrons. The maximum Gasteiger partial charge on any atom is 0.433 e. The summed E-state index contributed by atoms with van der Waals surface area (Å²) in [6.07, 6.45) is -0.0716. The smallest absolute Gasteiger partial charge is 0.386 e. The second-order valence-corrected chi connectivity index (χ2v) is 6.60. The quantitative estimate of drug-likeness (QED) is 0.868. The fourth-order valence-corrected chi connectivity index (χ4v) is 3.38. The number of amides is 1. The number of rotatable bonds is 5. The Hall–Kier alpha value is -2.48. The lowest BCUT2D eigenvalue weighted by Gasteiger charge is -2.31. The summed E-state index contributed by atoms with van der Waals surface area (Å²) in [4.78, 5) is 21.5. The van der Waals surface area contributed by atoms with Crippen LogP contribution in [0.25, 0.3) is 0 Å². The molecule has 0 saturated carbocycles. The number of aliphatic hydroxyl groups is 1. The molecule has 2 aromatic heterocycles. The predicted octanol–water partition coefficient (Wildman–Crippen LogP) is 2.93. The third-order valence-corrected chi connectivity index (χ3v) is 4.79. The second kappa shape index (κ2) is 7.64. The van der Waals surface area contributed by atoms with Crippen molar-refractivity contribution < 1.29 is 23.1 Å². The fraction of sp³-hybridized carbons (Fsp3) is 0.421. The molecule has 1 aliphatic rings. The highest BCUT2D eigenvalue weighted by Crippen LogP contribution is 2.33. The van der Waals surface area contributed by atoms with E-state index in [2.05, 4.69) is 9.97 Å². The average molecular weight is 379 g/mol. The third-order valence-electron chi connectivity index (χ3n) is 4.79. The first-order chi connectivity index (χ1) is 12.8. The summed E-state index contributed by atoms with van der Waals surface area (Å²) in [5.74, 6) is -0.153. The highest BCUT2D eigenvalue weighted by Gasteiger charge is 2.36. The lowest BCUT2D eigenvalue weighted by atomic mass is 10.1. The second-order valence-electron chi connectivity index (χ2n) is 6.60. The van der Waals surface area contributed by atoms with Crippen molar-refractivity contribution in [1.82, 2.24) is 14.9 Å². The fourth-order valence-electron chi connectivity index (χ4n) is 3.38. The van der Waals surface area contributed by atoms with Gasteiger partial charge in [0.05, 0.1) is 12.6 Å². The van der Waals surface area contributed by atoms with Crippen molar-refractivity contribution in [2.75, 3.05) is 6.54 Å². The summed E-state index contributed by atoms with van der Waals surface area (Å²) in [6.45, 7) is 1.79. The zero-order chi connectivity index (χ0) is 19.6. The minimum absolute atomic E-state index is 0.0661. The van der Waals surface area contributed by atoms with Crippen LogP contribution in [-0.4, -0.2) is 38.5 Å². The van der Waals surface area contributed by atoms with Gasteiger partial charge in [0.2, 0.25) is 5.91 Å². The molecule has 2 unspecified atom stereocenters. The van der Waals surface area contributed by atoms with Crippen molar-refractivity contribution in [2.45, 2.75) is 44.5 Å². The van der Waals surface area contributed by atoms with Gasteiger partial charge in [-0.1, -0.05) is 13.0 Å². The largest absolute Gasteiger partial charge is 0.433 e. The molecule has 2 atom stereocenters. The van der Waals surface area contributed by atoms with Gasteiger partial charge in [0, 0.05) is 36.6 Å². The molecule has 0 saturated heterocycles. The zero-order valence-electron chi connectivity index (χ0n) is 14.8. The molecule has 0 spiro atoms. The Morgan fingerprint density at radius 3 is 2.70 bits per heavy atom. The minimum atomic E-state index is -4.50. The first kappa shape index (κ1) is 19.3. The van der Waals surface area contributed by atoms with E-state index in [1.54, 1.807) is 30.2 Å². The number of aromatic nitrogens is 2. The summed E-state index contributed by atoms with van der Waals surface area (Å²) >= 11 is 0. The van der Waals surface area contributed by atoms with Gasteiger partial charge >= 0.3 is 6.18 Å². The Balaban J connectivity index is 1.79. The lowest BCUT2D eigenvalue weighted by molar-refractivity contribution is -0.141. The van der Waals surface area contributed by atoms with Gasteiger partial charge in [-0.05, 0) is 36.1 Å². The number of pyridine rings is 2. The van der Waals surface area contributed by atoms with E-state index in [1.807, 2.05) is 0 Å². The Morgan fingerprint density at radius 2 is 2.07 bits per heavy atom. The molecule has 1 amide bonds. The van der Waals surface area contributed by atoms with E-state index in [-0.39, 0.29) is 24.9 Å². The Labute approximate surface area is 154 Å². The molecular weight excluding hydrogens is 359 g/mol. The van der Waals surface area contributed by atoms with Gasteiger partial charge in [0.15, 0.2) is 0 Å². The number of alkyl halides is 3. The van der Waals surface area contributed by atoms with Crippen LogP contribution in [0.1, 0.15) is 41.8 Å². The molecule has 3 rings (SSSR count). The van der Waals surface area contributed by atoms with E-state index < -0.39 is 18.0 Å². The van der Waals surface area contributed by atoms with Crippen molar-refractivity contribution in [3.63, 3.8) is 0 Å². The number of hydrogen-bond donors (Lipinski definition) is 1. The van der Waals surface area contributed by atoms with Crippen LogP contribution in [0.4, 0.5) is 13.2 Å². The van der Waals surface area contributed by atoms with E-state index in [0.717, 1.165) is 6.07 Å². The average Bonchev–Trinajstić information content (AvgIpc) is 3.08. The number of nitrogens with zero attached hydrogens (tertiary/aromatic N) is 3. The van der Waals surface area contributed by atoms with Crippen molar-refractivity contribution in [3.8, 4) is 0 Å². The number of fused-ring (bicyclic) bond motifs is 1. The molecule has 27 heavy (non-hydrogen) atoms. The Kier molecular flexibility index (Phi) is 5.46. The monoisotopic (exact) mass is 379 g/mol. The van der Waals surface area contributed by atoms with E-state index in [4.69, 9.17) is 0 Å². The molecular formula is C19H20F3N3O2. The van der Waals surface area contributed by atoms with Crippen LogP contribution in [0.3, 0.4) is 0 Å². The molecule has 0 radical (unpaired) electrons. The number of carbonyl (C=O) groups is 1. The number of halogens is 3. The van der Waals surface area contributed by atoms with Gasteiger partial charge in [-0.3, -0.25) is 14.8 Å². The summed E-state index contributed by atoms with van der Waals surface area (Å²) in [5, 5.41) is 10.5. The van der Waals surface area contributed by atoms with Gasteiger partial charge in [-0.2, -0.15) is 13.2 Å². The van der Waals surface area contributed by atoms with Crippen LogP contribution < -0.4 is 0 Å². The standard InChI is InChI=1S/C19H20F3N3O2/c1-2-18(27)25(11-16(26)12-4-3-5-23-9-12)15-6-13-8-17(19(20,21)22)24-10-14(13)7-15/h3-5,8-10,15-16,26H,2,6-7,11H2,1H3. The number of aliphatic hydroxyl groups excluding tert-OH is 1. The van der Waals surface area contributed by atoms with Crippen LogP contribution in [0.5, 0.6) is 0 Å². The Bertz CT molecular complexity index is 812. The first-order valence-corrected chi connectivity index (χ1v) is 8.72. The van der Waals surface area contributed by atoms with Crippen LogP contribution in [0, 0.1) is 0 Å². The molecule has 0 aliphatic heterocycles. The van der Waals surface area contributed by atoms with Gasteiger partial charge in [-0.15, -0.1) is 0 Å². The Morgan fingerprint density at radius 1 is 1.33 bits per heavy atom. The highest BCUT2D eigenvalue weighted by molar-refractivity contribution is 5.76. The maximum atomic E-state index is 12.9. The van der Waals surface area contributed by atoms with Gasteiger partial charge in [0.1, 0.15) is 5.69 Å². The van der Waals surface area contributed by atoms with Gasteiger partial charge in [-0.25, -0.2) is 0 Å². The molecule has 0 aromatic carbocycles. The summed E-state index contributed by atoms with van der Waals surface area (Å²) in [5.41, 5.74) is 0.915. The SMILES string of the molecule is CCC(=O)N(CC(O)c1cccnc1)C1Cc2cnc(C(F)(F)F)cc2C1. The van der Waals surface area contributed by atoms with Crippen LogP contribution >= 0.6 is 0 Å². The van der Waals surface area contributed by atoms with Gasteiger partial charge in [0.25, 0.3) is 0 Å². The van der Waals surface area contributed by atoms with E-state index in [1.165, 1.54) is 12.4 Å². The third kappa shape index (κ3) is 4.27. The highest BCUT2D eigenvalue weighted by atomic mass is 19.4. The molecule has 1 aliphatic carbocycles. The van der Waals surface area contributed by atoms with E-state index in [0.29, 0.717) is 29.5 Å². The molecule has 5 nitrogen and oxygen atoms in total. The van der Waals surface area contributed by atoms with Crippen LogP contribution in [0.2, 0.25) is 0 Å². The molecule has 0 bridgehead atoms. The molecule has 2 aromatic rings. The lowest BCUT2D eigenvalue weighted by Crippen LogP contribution is -2.43. The molecule has 1 N–H and O–H groups in total. The first-order valence-electron chi connectivity index (χ1n) is 8.72. The minimum Gasteiger partial charge on any atom is -0.386 e. The maximum absolute atomic E-state index is 12.9. The van der Waals surface area contributed by atoms with Crippen molar-refractivity contribution in [1.29, 1.82) is 0 Å². The molecule has 8 heteroatoms. The van der Waals surface area contributed by atoms with E-state index in [9.17, 15) is 23.1 Å². The van der Waals surface area contributed by atoms with Crippen LogP contribution in [0.15, 0.2) is 36.8 Å². The number of carbonyl (C=O) groups excluding carboxylic acids is 1.